The molecule has 5 rings (SSSR count). The number of nitrogens with zero attached hydrogens (tertiary/aromatic N) is 5. The molecule has 0 unspecified atom stereocenters. The fraction of sp³-hybridized carbons (Fsp3) is 0.640. The molecule has 2 aromatic rings. The number of ether oxygens (including phenoxy) is 1. The average molecular weight is 469 g/mol. The first-order chi connectivity index (χ1) is 16.7. The van der Waals surface area contributed by atoms with Crippen LogP contribution in [-0.4, -0.2) is 91.4 Å². The number of morpholine rings is 1. The zero-order valence-electron chi connectivity index (χ0n) is 19.9. The van der Waals surface area contributed by atoms with Gasteiger partial charge in [-0.15, -0.1) is 0 Å². The van der Waals surface area contributed by atoms with E-state index < -0.39 is 0 Å². The first-order valence-corrected chi connectivity index (χ1v) is 12.6. The molecule has 3 aliphatic rings. The molecule has 184 valence electrons. The van der Waals surface area contributed by atoms with Gasteiger partial charge in [-0.05, 0) is 49.9 Å². The first kappa shape index (κ1) is 23.3. The molecule has 0 saturated carbocycles. The van der Waals surface area contributed by atoms with Gasteiger partial charge in [0, 0.05) is 58.0 Å². The van der Waals surface area contributed by atoms with Crippen LogP contribution in [0.15, 0.2) is 35.0 Å². The number of nitrogens with one attached hydrogen (secondary N) is 1. The van der Waals surface area contributed by atoms with E-state index in [1.807, 2.05) is 29.3 Å². The number of aromatic nitrogens is 2. The minimum Gasteiger partial charge on any atom is -0.379 e. The maximum Gasteiger partial charge on any atom is 0.222 e. The number of anilines is 1. The van der Waals surface area contributed by atoms with Crippen molar-refractivity contribution in [1.29, 1.82) is 0 Å². The summed E-state index contributed by atoms with van der Waals surface area (Å²) in [5.74, 6) is 2.97. The van der Waals surface area contributed by atoms with Crippen molar-refractivity contribution in [2.45, 2.75) is 25.8 Å². The summed E-state index contributed by atoms with van der Waals surface area (Å²) in [7, 11) is 0. The van der Waals surface area contributed by atoms with Gasteiger partial charge in [-0.25, -0.2) is 4.98 Å². The van der Waals surface area contributed by atoms with Crippen molar-refractivity contribution in [3.8, 4) is 0 Å². The Balaban J connectivity index is 1.12. The highest BCUT2D eigenvalue weighted by Gasteiger charge is 2.31. The zero-order valence-corrected chi connectivity index (χ0v) is 19.9. The molecule has 34 heavy (non-hydrogen) atoms. The maximum atomic E-state index is 13.2. The van der Waals surface area contributed by atoms with Crippen molar-refractivity contribution < 1.29 is 14.1 Å². The largest absolute Gasteiger partial charge is 0.379 e. The number of hydrogen-bond donors (Lipinski definition) is 1. The summed E-state index contributed by atoms with van der Waals surface area (Å²) >= 11 is 0. The van der Waals surface area contributed by atoms with E-state index in [0.29, 0.717) is 18.3 Å². The summed E-state index contributed by atoms with van der Waals surface area (Å²) < 4.78 is 11.1. The smallest absolute Gasteiger partial charge is 0.222 e. The number of hydrogen-bond acceptors (Lipinski definition) is 8. The van der Waals surface area contributed by atoms with E-state index in [1.165, 1.54) is 0 Å². The summed E-state index contributed by atoms with van der Waals surface area (Å²) in [5, 5.41) is 7.86. The highest BCUT2D eigenvalue weighted by atomic mass is 16.5. The summed E-state index contributed by atoms with van der Waals surface area (Å²) in [6, 6.07) is 8.08. The molecule has 1 N–H and O–H groups in total. The van der Waals surface area contributed by atoms with Gasteiger partial charge in [0.25, 0.3) is 0 Å². The Labute approximate surface area is 201 Å². The van der Waals surface area contributed by atoms with Gasteiger partial charge in [-0.2, -0.15) is 0 Å². The Morgan fingerprint density at radius 2 is 1.94 bits per heavy atom. The van der Waals surface area contributed by atoms with Gasteiger partial charge in [0.1, 0.15) is 5.82 Å². The molecule has 9 nitrogen and oxygen atoms in total. The number of pyridine rings is 1. The Morgan fingerprint density at radius 1 is 1.09 bits per heavy atom. The lowest BCUT2D eigenvalue weighted by Gasteiger charge is -2.37. The van der Waals surface area contributed by atoms with Crippen LogP contribution in [0, 0.1) is 11.8 Å². The molecule has 0 radical (unpaired) electrons. The number of amides is 1. The third-order valence-electron chi connectivity index (χ3n) is 7.37. The lowest BCUT2D eigenvalue weighted by Crippen LogP contribution is -2.50. The standard InChI is InChI=1S/C25H36N6O3/c32-25(31-9-7-30(8-10-31)24-3-1-2-5-27-24)16-20-4-6-26-18-21(20)15-22-17-23(34-28-22)19-29-11-13-33-14-12-29/h1-3,5,17,20-21,26H,4,6-16,18-19H2/t20-,21-/m0/s1. The number of rotatable bonds is 7. The van der Waals surface area contributed by atoms with E-state index in [1.54, 1.807) is 0 Å². The molecule has 3 saturated heterocycles. The molecule has 0 aliphatic carbocycles. The van der Waals surface area contributed by atoms with E-state index >= 15 is 0 Å². The van der Waals surface area contributed by atoms with Crippen molar-refractivity contribution in [2.75, 3.05) is 70.5 Å². The van der Waals surface area contributed by atoms with E-state index in [2.05, 4.69) is 31.3 Å². The van der Waals surface area contributed by atoms with Crippen molar-refractivity contribution in [1.82, 2.24) is 25.3 Å². The predicted molar refractivity (Wildman–Crippen MR) is 128 cm³/mol. The second-order valence-corrected chi connectivity index (χ2v) is 9.65. The van der Waals surface area contributed by atoms with Crippen LogP contribution < -0.4 is 10.2 Å². The van der Waals surface area contributed by atoms with Gasteiger partial charge in [-0.1, -0.05) is 11.2 Å². The normalized spacial score (nSPS) is 24.4. The van der Waals surface area contributed by atoms with Gasteiger partial charge in [0.2, 0.25) is 5.91 Å². The molecule has 2 atom stereocenters. The molecule has 5 heterocycles. The molecule has 2 aromatic heterocycles. The van der Waals surface area contributed by atoms with Gasteiger partial charge in [-0.3, -0.25) is 9.69 Å². The Kier molecular flexibility index (Phi) is 7.72. The van der Waals surface area contributed by atoms with Gasteiger partial charge in [0.15, 0.2) is 5.76 Å². The van der Waals surface area contributed by atoms with Crippen LogP contribution in [-0.2, 0) is 22.5 Å². The molecule has 0 aromatic carbocycles. The third-order valence-corrected chi connectivity index (χ3v) is 7.37. The second kappa shape index (κ2) is 11.3. The SMILES string of the molecule is O=C(C[C@@H]1CCNC[C@@H]1Cc1cc(CN2CCOCC2)on1)N1CCN(c2ccccn2)CC1. The van der Waals surface area contributed by atoms with Crippen molar-refractivity contribution in [2.24, 2.45) is 11.8 Å². The number of piperidine rings is 1. The quantitative estimate of drug-likeness (QED) is 0.653. The molecule has 0 spiro atoms. The Morgan fingerprint density at radius 3 is 2.74 bits per heavy atom. The van der Waals surface area contributed by atoms with Crippen LogP contribution >= 0.6 is 0 Å². The van der Waals surface area contributed by atoms with Crippen LogP contribution in [0.5, 0.6) is 0 Å². The van der Waals surface area contributed by atoms with Crippen LogP contribution in [0.1, 0.15) is 24.3 Å². The van der Waals surface area contributed by atoms with Crippen molar-refractivity contribution >= 4 is 11.7 Å². The predicted octanol–water partition coefficient (Wildman–Crippen LogP) is 1.41. The van der Waals surface area contributed by atoms with Gasteiger partial charge < -0.3 is 24.4 Å². The second-order valence-electron chi connectivity index (χ2n) is 9.65. The monoisotopic (exact) mass is 468 g/mol. The lowest BCUT2D eigenvalue weighted by molar-refractivity contribution is -0.133. The third kappa shape index (κ3) is 5.95. The van der Waals surface area contributed by atoms with Crippen LogP contribution in [0.4, 0.5) is 5.82 Å². The van der Waals surface area contributed by atoms with Gasteiger partial charge >= 0.3 is 0 Å². The van der Waals surface area contributed by atoms with Crippen LogP contribution in [0.3, 0.4) is 0 Å². The molecule has 3 fully saturated rings. The fourth-order valence-electron chi connectivity index (χ4n) is 5.34. The average Bonchev–Trinajstić information content (AvgIpc) is 3.33. The molecule has 1 amide bonds. The minimum atomic E-state index is 0.283. The molecule has 0 bridgehead atoms. The topological polar surface area (TPSA) is 87.0 Å². The molecule has 9 heteroatoms. The highest BCUT2D eigenvalue weighted by molar-refractivity contribution is 5.76. The molecular formula is C25H36N6O3. The number of carbonyl (C=O) groups excluding carboxylic acids is 1. The van der Waals surface area contributed by atoms with Crippen molar-refractivity contribution in [3.63, 3.8) is 0 Å². The summed E-state index contributed by atoms with van der Waals surface area (Å²) in [6.07, 6.45) is 4.33. The highest BCUT2D eigenvalue weighted by Crippen LogP contribution is 2.27. The summed E-state index contributed by atoms with van der Waals surface area (Å²) in [6.45, 7) is 9.31. The Hall–Kier alpha value is -2.49. The lowest BCUT2D eigenvalue weighted by atomic mass is 9.81. The van der Waals surface area contributed by atoms with Crippen LogP contribution in [0.2, 0.25) is 0 Å². The zero-order chi connectivity index (χ0) is 23.2. The molecular weight excluding hydrogens is 432 g/mol. The minimum absolute atomic E-state index is 0.283. The van der Waals surface area contributed by atoms with E-state index in [4.69, 9.17) is 9.26 Å². The van der Waals surface area contributed by atoms with E-state index in [9.17, 15) is 4.79 Å². The van der Waals surface area contributed by atoms with Gasteiger partial charge in [0.05, 0.1) is 25.5 Å². The summed E-state index contributed by atoms with van der Waals surface area (Å²) in [5.41, 5.74) is 0.999. The van der Waals surface area contributed by atoms with Crippen molar-refractivity contribution in [3.05, 3.63) is 41.9 Å². The Bertz CT molecular complexity index is 908. The number of carbonyl (C=O) groups is 1. The van der Waals surface area contributed by atoms with E-state index in [-0.39, 0.29) is 5.91 Å². The first-order valence-electron chi connectivity index (χ1n) is 12.6. The number of piperazine rings is 1. The molecule has 3 aliphatic heterocycles. The fourth-order valence-corrected chi connectivity index (χ4v) is 5.34. The maximum absolute atomic E-state index is 13.2. The summed E-state index contributed by atoms with van der Waals surface area (Å²) in [4.78, 5) is 24.2. The van der Waals surface area contributed by atoms with E-state index in [0.717, 1.165) is 102 Å². The van der Waals surface area contributed by atoms with Crippen LogP contribution in [0.25, 0.3) is 0 Å².